The van der Waals surface area contributed by atoms with Gasteiger partial charge in [0.25, 0.3) is 0 Å². The fraction of sp³-hybridized carbons (Fsp3) is 0.278. The van der Waals surface area contributed by atoms with Crippen molar-refractivity contribution in [3.63, 3.8) is 0 Å². The van der Waals surface area contributed by atoms with E-state index in [9.17, 15) is 5.26 Å². The molecule has 0 N–H and O–H groups in total. The Bertz CT molecular complexity index is 671. The molecular weight excluding hydrogens is 310 g/mol. The van der Waals surface area contributed by atoms with Gasteiger partial charge in [-0.1, -0.05) is 58.4 Å². The van der Waals surface area contributed by atoms with Gasteiger partial charge in [0.15, 0.2) is 0 Å². The first-order valence-corrected chi connectivity index (χ1v) is 7.77. The van der Waals surface area contributed by atoms with Crippen LogP contribution in [-0.4, -0.2) is 0 Å². The monoisotopic (exact) mass is 325 g/mol. The van der Waals surface area contributed by atoms with E-state index in [1.165, 1.54) is 16.7 Å². The van der Waals surface area contributed by atoms with Crippen LogP contribution in [0.15, 0.2) is 53.0 Å². The van der Waals surface area contributed by atoms with Crippen molar-refractivity contribution in [3.8, 4) is 6.07 Å². The number of rotatable bonds is 2. The van der Waals surface area contributed by atoms with Crippen LogP contribution in [0, 0.1) is 11.3 Å². The van der Waals surface area contributed by atoms with Crippen LogP contribution in [0.2, 0.25) is 0 Å². The molecule has 100 valence electrons. The smallest absolute Gasteiger partial charge is 0.0865 e. The highest BCUT2D eigenvalue weighted by molar-refractivity contribution is 9.10. The lowest BCUT2D eigenvalue weighted by Gasteiger charge is -2.33. The summed E-state index contributed by atoms with van der Waals surface area (Å²) in [5.74, 6) is 0. The second-order valence-electron chi connectivity index (χ2n) is 5.47. The molecule has 0 saturated carbocycles. The lowest BCUT2D eigenvalue weighted by atomic mass is 9.68. The molecule has 1 aliphatic rings. The van der Waals surface area contributed by atoms with E-state index >= 15 is 0 Å². The number of benzene rings is 2. The van der Waals surface area contributed by atoms with Gasteiger partial charge in [-0.05, 0) is 48.4 Å². The maximum atomic E-state index is 9.88. The first-order valence-electron chi connectivity index (χ1n) is 6.98. The minimum absolute atomic E-state index is 0.376. The van der Waals surface area contributed by atoms with Gasteiger partial charge in [-0.15, -0.1) is 0 Å². The summed E-state index contributed by atoms with van der Waals surface area (Å²) in [5.41, 5.74) is 3.40. The van der Waals surface area contributed by atoms with Gasteiger partial charge in [-0.25, -0.2) is 0 Å². The van der Waals surface area contributed by atoms with E-state index in [4.69, 9.17) is 0 Å². The van der Waals surface area contributed by atoms with E-state index in [2.05, 4.69) is 58.4 Å². The van der Waals surface area contributed by atoms with E-state index in [-0.39, 0.29) is 5.41 Å². The van der Waals surface area contributed by atoms with Gasteiger partial charge in [0, 0.05) is 4.47 Å². The Hall–Kier alpha value is -1.59. The topological polar surface area (TPSA) is 23.8 Å². The Morgan fingerprint density at radius 1 is 1.10 bits per heavy atom. The molecule has 2 aromatic carbocycles. The molecule has 0 spiro atoms. The molecule has 1 nitrogen and oxygen atoms in total. The molecule has 0 fully saturated rings. The van der Waals surface area contributed by atoms with Crippen molar-refractivity contribution in [1.29, 1.82) is 5.26 Å². The van der Waals surface area contributed by atoms with Crippen LogP contribution < -0.4 is 0 Å². The normalized spacial score (nSPS) is 21.0. The van der Waals surface area contributed by atoms with Gasteiger partial charge in [-0.2, -0.15) is 5.26 Å². The van der Waals surface area contributed by atoms with Crippen LogP contribution in [-0.2, 0) is 18.3 Å². The third-order valence-corrected chi connectivity index (χ3v) is 5.02. The molecule has 0 bridgehead atoms. The van der Waals surface area contributed by atoms with Crippen molar-refractivity contribution in [2.75, 3.05) is 0 Å². The zero-order valence-corrected chi connectivity index (χ0v) is 12.9. The highest BCUT2D eigenvalue weighted by Crippen LogP contribution is 2.40. The van der Waals surface area contributed by atoms with E-state index in [1.807, 2.05) is 12.1 Å². The Morgan fingerprint density at radius 3 is 2.65 bits per heavy atom. The molecule has 3 rings (SSSR count). The standard InChI is InChI=1S/C18H16BrN/c19-17-10-4-2-7-15(17)12-18(13-20)11-5-8-14-6-1-3-9-16(14)18/h1-4,6-7,9-10H,5,8,11-12H2. The van der Waals surface area contributed by atoms with E-state index in [1.54, 1.807) is 0 Å². The zero-order valence-electron chi connectivity index (χ0n) is 11.3. The third-order valence-electron chi connectivity index (χ3n) is 4.25. The van der Waals surface area contributed by atoms with E-state index in [0.29, 0.717) is 0 Å². The van der Waals surface area contributed by atoms with Gasteiger partial charge in [0.05, 0.1) is 11.5 Å². The summed E-state index contributed by atoms with van der Waals surface area (Å²) in [6, 6.07) is 19.3. The van der Waals surface area contributed by atoms with Crippen LogP contribution in [0.5, 0.6) is 0 Å². The lowest BCUT2D eigenvalue weighted by molar-refractivity contribution is 0.449. The predicted octanol–water partition coefficient (Wildman–Crippen LogP) is 4.79. The SMILES string of the molecule is N#CC1(Cc2ccccc2Br)CCCc2ccccc21. The fourth-order valence-corrected chi connectivity index (χ4v) is 3.65. The number of nitrogens with zero attached hydrogens (tertiary/aromatic N) is 1. The Kier molecular flexibility index (Phi) is 3.63. The average Bonchev–Trinajstić information content (AvgIpc) is 2.50. The van der Waals surface area contributed by atoms with Crippen molar-refractivity contribution >= 4 is 15.9 Å². The van der Waals surface area contributed by atoms with Gasteiger partial charge in [0.2, 0.25) is 0 Å². The Morgan fingerprint density at radius 2 is 1.85 bits per heavy atom. The summed E-state index contributed by atoms with van der Waals surface area (Å²) < 4.78 is 1.10. The maximum Gasteiger partial charge on any atom is 0.0865 e. The Labute approximate surface area is 128 Å². The van der Waals surface area contributed by atoms with Gasteiger partial charge >= 0.3 is 0 Å². The van der Waals surface area contributed by atoms with Crippen molar-refractivity contribution in [1.82, 2.24) is 0 Å². The van der Waals surface area contributed by atoms with Crippen LogP contribution >= 0.6 is 15.9 Å². The van der Waals surface area contributed by atoms with Crippen LogP contribution in [0.1, 0.15) is 29.5 Å². The highest BCUT2D eigenvalue weighted by atomic mass is 79.9. The lowest BCUT2D eigenvalue weighted by Crippen LogP contribution is -2.31. The van der Waals surface area contributed by atoms with Crippen LogP contribution in [0.3, 0.4) is 0 Å². The summed E-state index contributed by atoms with van der Waals surface area (Å²) >= 11 is 3.61. The number of aryl methyl sites for hydroxylation is 1. The van der Waals surface area contributed by atoms with E-state index < -0.39 is 0 Å². The van der Waals surface area contributed by atoms with Crippen LogP contribution in [0.25, 0.3) is 0 Å². The number of nitriles is 1. The van der Waals surface area contributed by atoms with Crippen molar-refractivity contribution in [3.05, 3.63) is 69.7 Å². The van der Waals surface area contributed by atoms with Gasteiger partial charge in [-0.3, -0.25) is 0 Å². The number of hydrogen-bond acceptors (Lipinski definition) is 1. The molecule has 0 aliphatic heterocycles. The molecule has 0 saturated heterocycles. The first-order chi connectivity index (χ1) is 9.75. The van der Waals surface area contributed by atoms with Gasteiger partial charge < -0.3 is 0 Å². The molecule has 20 heavy (non-hydrogen) atoms. The zero-order chi connectivity index (χ0) is 14.0. The summed E-state index contributed by atoms with van der Waals surface area (Å²) in [6.07, 6.45) is 3.91. The molecule has 0 amide bonds. The molecule has 1 unspecified atom stereocenters. The van der Waals surface area contributed by atoms with Crippen LogP contribution in [0.4, 0.5) is 0 Å². The molecule has 2 aromatic rings. The second kappa shape index (κ2) is 5.42. The summed E-state index contributed by atoms with van der Waals surface area (Å²) in [4.78, 5) is 0. The molecule has 1 atom stereocenters. The average molecular weight is 326 g/mol. The summed E-state index contributed by atoms with van der Waals surface area (Å²) in [7, 11) is 0. The molecule has 2 heteroatoms. The maximum absolute atomic E-state index is 9.88. The molecule has 0 aromatic heterocycles. The minimum atomic E-state index is -0.376. The molecular formula is C18H16BrN. The number of halogens is 1. The summed E-state index contributed by atoms with van der Waals surface area (Å²) in [5, 5.41) is 9.88. The largest absolute Gasteiger partial charge is 0.197 e. The highest BCUT2D eigenvalue weighted by Gasteiger charge is 2.37. The fourth-order valence-electron chi connectivity index (χ4n) is 3.23. The van der Waals surface area contributed by atoms with Crippen molar-refractivity contribution in [2.45, 2.75) is 31.1 Å². The molecule has 0 heterocycles. The quantitative estimate of drug-likeness (QED) is 0.778. The van der Waals surface area contributed by atoms with Gasteiger partial charge in [0.1, 0.15) is 0 Å². The predicted molar refractivity (Wildman–Crippen MR) is 84.5 cm³/mol. The number of fused-ring (bicyclic) bond motifs is 1. The third kappa shape index (κ3) is 2.27. The first kappa shape index (κ1) is 13.4. The molecule has 1 aliphatic carbocycles. The minimum Gasteiger partial charge on any atom is -0.197 e. The summed E-state index contributed by atoms with van der Waals surface area (Å²) in [6.45, 7) is 0. The van der Waals surface area contributed by atoms with Crippen molar-refractivity contribution in [2.24, 2.45) is 0 Å². The van der Waals surface area contributed by atoms with Crippen molar-refractivity contribution < 1.29 is 0 Å². The second-order valence-corrected chi connectivity index (χ2v) is 6.33. The van der Waals surface area contributed by atoms with E-state index in [0.717, 1.165) is 30.2 Å². The molecule has 0 radical (unpaired) electrons. The number of hydrogen-bond donors (Lipinski definition) is 0. The Balaban J connectivity index is 2.06.